The lowest BCUT2D eigenvalue weighted by Gasteiger charge is -2.04. The fourth-order valence-corrected chi connectivity index (χ4v) is 2.16. The van der Waals surface area contributed by atoms with Gasteiger partial charge in [0.1, 0.15) is 11.4 Å². The van der Waals surface area contributed by atoms with Crippen molar-refractivity contribution in [2.75, 3.05) is 0 Å². The smallest absolute Gasteiger partial charge is 0.316 e. The maximum atomic E-state index is 11.1. The second-order valence-electron chi connectivity index (χ2n) is 3.63. The van der Waals surface area contributed by atoms with Gasteiger partial charge in [-0.05, 0) is 28.1 Å². The van der Waals surface area contributed by atoms with Crippen molar-refractivity contribution in [3.8, 4) is 0 Å². The van der Waals surface area contributed by atoms with Crippen LogP contribution in [0.3, 0.4) is 0 Å². The van der Waals surface area contributed by atoms with Crippen LogP contribution in [0.1, 0.15) is 18.2 Å². The molecule has 1 aromatic carbocycles. The van der Waals surface area contributed by atoms with Crippen molar-refractivity contribution in [1.29, 1.82) is 0 Å². The van der Waals surface area contributed by atoms with Crippen LogP contribution in [0.25, 0.3) is 11.1 Å². The number of halogens is 1. The molecule has 1 aromatic heterocycles. The van der Waals surface area contributed by atoms with Gasteiger partial charge in [0.25, 0.3) is 0 Å². The monoisotopic (exact) mass is 329 g/mol. The molecule has 0 bridgehead atoms. The summed E-state index contributed by atoms with van der Waals surface area (Å²) in [6.45, 7) is 0. The Kier molecular flexibility index (Phi) is 3.72. The number of hydrogen-bond donors (Lipinski definition) is 2. The van der Waals surface area contributed by atoms with E-state index in [4.69, 9.17) is 9.52 Å². The zero-order chi connectivity index (χ0) is 13.3. The molecule has 1 atom stereocenters. The number of benzene rings is 1. The van der Waals surface area contributed by atoms with Crippen molar-refractivity contribution >= 4 is 50.7 Å². The second kappa shape index (κ2) is 5.11. The summed E-state index contributed by atoms with van der Waals surface area (Å²) < 4.78 is 6.08. The highest BCUT2D eigenvalue weighted by atomic mass is 79.9. The van der Waals surface area contributed by atoms with Crippen molar-refractivity contribution < 1.29 is 19.1 Å². The number of fused-ring (bicyclic) bond motifs is 1. The molecule has 1 unspecified atom stereocenters. The van der Waals surface area contributed by atoms with Crippen molar-refractivity contribution in [2.24, 2.45) is 0 Å². The van der Waals surface area contributed by atoms with Gasteiger partial charge in [-0.3, -0.25) is 9.59 Å². The Balaban J connectivity index is 2.48. The molecule has 0 saturated heterocycles. The van der Waals surface area contributed by atoms with Gasteiger partial charge in [-0.2, -0.15) is 0 Å². The van der Waals surface area contributed by atoms with Gasteiger partial charge >= 0.3 is 5.97 Å². The van der Waals surface area contributed by atoms with Crippen LogP contribution in [0.5, 0.6) is 0 Å². The molecule has 1 heterocycles. The SMILES string of the molecule is O=C(S)CC(C(=O)O)c1nc2cccc(Br)c2o1. The molecule has 2 rings (SSSR count). The van der Waals surface area contributed by atoms with E-state index < -0.39 is 17.0 Å². The number of rotatable bonds is 4. The first-order valence-corrected chi connectivity index (χ1v) is 6.22. The lowest BCUT2D eigenvalue weighted by atomic mass is 10.1. The molecule has 2 aromatic rings. The van der Waals surface area contributed by atoms with Gasteiger partial charge in [-0.25, -0.2) is 4.98 Å². The predicted octanol–water partition coefficient (Wildman–Crippen LogP) is 2.61. The van der Waals surface area contributed by atoms with Crippen LogP contribution in [-0.2, 0) is 9.59 Å². The van der Waals surface area contributed by atoms with E-state index in [0.717, 1.165) is 0 Å². The highest BCUT2D eigenvalue weighted by molar-refractivity contribution is 9.10. The summed E-state index contributed by atoms with van der Waals surface area (Å²) in [5.41, 5.74) is 1.00. The minimum Gasteiger partial charge on any atom is -0.481 e. The van der Waals surface area contributed by atoms with E-state index in [1.54, 1.807) is 18.2 Å². The van der Waals surface area contributed by atoms with Crippen molar-refractivity contribution in [2.45, 2.75) is 12.3 Å². The first-order valence-electron chi connectivity index (χ1n) is 4.98. The first-order chi connectivity index (χ1) is 8.49. The Morgan fingerprint density at radius 2 is 2.22 bits per heavy atom. The van der Waals surface area contributed by atoms with Crippen LogP contribution >= 0.6 is 28.6 Å². The standard InChI is InChI=1S/C11H8BrNO4S/c12-6-2-1-3-7-9(6)17-10(13-7)5(11(15)16)4-8(14)18/h1-3,5H,4H2,(H,14,18)(H,15,16). The van der Waals surface area contributed by atoms with Gasteiger partial charge in [-0.15, -0.1) is 12.6 Å². The molecule has 0 aliphatic carbocycles. The third-order valence-electron chi connectivity index (χ3n) is 2.36. The maximum Gasteiger partial charge on any atom is 0.316 e. The number of carbonyl (C=O) groups excluding carboxylic acids is 1. The molecular weight excluding hydrogens is 322 g/mol. The number of carboxylic acid groups (broad SMARTS) is 1. The van der Waals surface area contributed by atoms with Crippen molar-refractivity contribution in [3.63, 3.8) is 0 Å². The number of carbonyl (C=O) groups is 2. The number of aromatic nitrogens is 1. The molecule has 0 saturated carbocycles. The molecule has 0 amide bonds. The van der Waals surface area contributed by atoms with Gasteiger partial charge in [0.05, 0.1) is 4.47 Å². The fourth-order valence-electron chi connectivity index (χ4n) is 1.54. The Morgan fingerprint density at radius 1 is 1.50 bits per heavy atom. The van der Waals surface area contributed by atoms with E-state index in [1.807, 2.05) is 0 Å². The van der Waals surface area contributed by atoms with Crippen LogP contribution in [-0.4, -0.2) is 21.2 Å². The highest BCUT2D eigenvalue weighted by Gasteiger charge is 2.27. The van der Waals surface area contributed by atoms with E-state index in [9.17, 15) is 9.59 Å². The Morgan fingerprint density at radius 3 is 2.78 bits per heavy atom. The quantitative estimate of drug-likeness (QED) is 0.843. The van der Waals surface area contributed by atoms with Gasteiger partial charge in [0, 0.05) is 6.42 Å². The topological polar surface area (TPSA) is 80.4 Å². The molecule has 0 spiro atoms. The van der Waals surface area contributed by atoms with Crippen molar-refractivity contribution in [1.82, 2.24) is 4.98 Å². The Bertz CT molecular complexity index is 625. The van der Waals surface area contributed by atoms with Crippen molar-refractivity contribution in [3.05, 3.63) is 28.6 Å². The third kappa shape index (κ3) is 2.56. The lowest BCUT2D eigenvalue weighted by Crippen LogP contribution is -2.14. The molecule has 94 valence electrons. The zero-order valence-corrected chi connectivity index (χ0v) is 11.4. The van der Waals surface area contributed by atoms with E-state index >= 15 is 0 Å². The summed E-state index contributed by atoms with van der Waals surface area (Å²) in [5, 5.41) is 8.55. The summed E-state index contributed by atoms with van der Waals surface area (Å²) in [6, 6.07) is 5.23. The van der Waals surface area contributed by atoms with Gasteiger partial charge in [0.15, 0.2) is 10.7 Å². The normalized spacial score (nSPS) is 12.6. The zero-order valence-electron chi connectivity index (χ0n) is 8.96. The highest BCUT2D eigenvalue weighted by Crippen LogP contribution is 2.29. The molecule has 0 fully saturated rings. The minimum absolute atomic E-state index is 0.00630. The summed E-state index contributed by atoms with van der Waals surface area (Å²) in [7, 11) is 0. The first kappa shape index (κ1) is 13.1. The van der Waals surface area contributed by atoms with E-state index in [-0.39, 0.29) is 12.3 Å². The van der Waals surface area contributed by atoms with Gasteiger partial charge in [0.2, 0.25) is 5.89 Å². The van der Waals surface area contributed by atoms with Crippen LogP contribution in [0.2, 0.25) is 0 Å². The summed E-state index contributed by atoms with van der Waals surface area (Å²) in [5.74, 6) is -2.28. The van der Waals surface area contributed by atoms with Crippen LogP contribution in [0, 0.1) is 0 Å². The Hall–Kier alpha value is -1.34. The average molecular weight is 330 g/mol. The summed E-state index contributed by atoms with van der Waals surface area (Å²) >= 11 is 6.87. The second-order valence-corrected chi connectivity index (χ2v) is 4.98. The number of aliphatic carboxylic acids is 1. The predicted molar refractivity (Wildman–Crippen MR) is 70.7 cm³/mol. The van der Waals surface area contributed by atoms with E-state index in [2.05, 4.69) is 33.5 Å². The van der Waals surface area contributed by atoms with E-state index in [0.29, 0.717) is 15.6 Å². The molecule has 1 N–H and O–H groups in total. The number of thiol groups is 1. The number of para-hydroxylation sites is 1. The molecule has 18 heavy (non-hydrogen) atoms. The molecule has 7 heteroatoms. The van der Waals surface area contributed by atoms with Gasteiger partial charge < -0.3 is 9.52 Å². The Labute approximate surface area is 116 Å². The fraction of sp³-hybridized carbons (Fsp3) is 0.182. The van der Waals surface area contributed by atoms with Crippen LogP contribution in [0.15, 0.2) is 27.1 Å². The molecule has 0 radical (unpaired) electrons. The molecule has 0 aliphatic heterocycles. The molecule has 5 nitrogen and oxygen atoms in total. The lowest BCUT2D eigenvalue weighted by molar-refractivity contribution is -0.140. The minimum atomic E-state index is -1.17. The average Bonchev–Trinajstić information content (AvgIpc) is 2.70. The molecule has 0 aliphatic rings. The number of nitrogens with zero attached hydrogens (tertiary/aromatic N) is 1. The molecular formula is C11H8BrNO4S. The largest absolute Gasteiger partial charge is 0.481 e. The number of hydrogen-bond acceptors (Lipinski definition) is 4. The van der Waals surface area contributed by atoms with E-state index in [1.165, 1.54) is 0 Å². The van der Waals surface area contributed by atoms with Crippen LogP contribution in [0.4, 0.5) is 0 Å². The summed E-state index contributed by atoms with van der Waals surface area (Å²) in [6.07, 6.45) is -0.261. The maximum absolute atomic E-state index is 11.1. The number of carboxylic acids is 1. The third-order valence-corrected chi connectivity index (χ3v) is 3.17. The van der Waals surface area contributed by atoms with Gasteiger partial charge in [-0.1, -0.05) is 6.07 Å². The number of oxazole rings is 1. The summed E-state index contributed by atoms with van der Waals surface area (Å²) in [4.78, 5) is 26.1. The van der Waals surface area contributed by atoms with Crippen LogP contribution < -0.4 is 0 Å².